The van der Waals surface area contributed by atoms with Gasteiger partial charge >= 0.3 is 0 Å². The molecule has 0 spiro atoms. The normalized spacial score (nSPS) is 10.0. The summed E-state index contributed by atoms with van der Waals surface area (Å²) in [6, 6.07) is 9.36. The van der Waals surface area contributed by atoms with Crippen molar-refractivity contribution in [3.8, 4) is 11.9 Å². The van der Waals surface area contributed by atoms with Crippen LogP contribution in [0.2, 0.25) is 5.02 Å². The van der Waals surface area contributed by atoms with Crippen molar-refractivity contribution >= 4 is 27.5 Å². The van der Waals surface area contributed by atoms with Crippen molar-refractivity contribution in [1.82, 2.24) is 4.98 Å². The third-order valence-corrected chi connectivity index (χ3v) is 3.06. The molecule has 0 N–H and O–H groups in total. The van der Waals surface area contributed by atoms with Crippen molar-refractivity contribution in [2.24, 2.45) is 0 Å². The number of nitrogens with zero attached hydrogens (tertiary/aromatic N) is 2. The van der Waals surface area contributed by atoms with Crippen molar-refractivity contribution in [3.63, 3.8) is 0 Å². The Morgan fingerprint density at radius 1 is 1.37 bits per heavy atom. The SMILES string of the molecule is N#Cc1ccc(COc2nc(Br)ccc2Cl)c(F)c1. The van der Waals surface area contributed by atoms with Crippen LogP contribution in [-0.2, 0) is 6.61 Å². The second kappa shape index (κ2) is 6.00. The van der Waals surface area contributed by atoms with E-state index in [-0.39, 0.29) is 18.1 Å². The molecule has 0 aliphatic rings. The summed E-state index contributed by atoms with van der Waals surface area (Å²) in [6.45, 7) is -0.0132. The standard InChI is InChI=1S/C13H7BrClFN2O/c14-12-4-3-10(15)13(18-12)19-7-9-2-1-8(6-17)5-11(9)16/h1-5H,7H2. The fourth-order valence-corrected chi connectivity index (χ4v) is 1.84. The van der Waals surface area contributed by atoms with Crippen LogP contribution in [0.15, 0.2) is 34.9 Å². The Kier molecular flexibility index (Phi) is 4.35. The van der Waals surface area contributed by atoms with E-state index >= 15 is 0 Å². The molecule has 6 heteroatoms. The molecular weight excluding hydrogens is 335 g/mol. The number of pyridine rings is 1. The van der Waals surface area contributed by atoms with Gasteiger partial charge in [0, 0.05) is 5.56 Å². The van der Waals surface area contributed by atoms with Gasteiger partial charge in [-0.2, -0.15) is 5.26 Å². The molecule has 0 aliphatic carbocycles. The van der Waals surface area contributed by atoms with Crippen LogP contribution in [0.5, 0.6) is 5.88 Å². The molecule has 0 atom stereocenters. The zero-order valence-corrected chi connectivity index (χ0v) is 11.9. The number of aromatic nitrogens is 1. The Labute approximate surface area is 122 Å². The lowest BCUT2D eigenvalue weighted by molar-refractivity contribution is 0.288. The van der Waals surface area contributed by atoms with E-state index in [0.717, 1.165) is 6.07 Å². The molecule has 0 bridgehead atoms. The quantitative estimate of drug-likeness (QED) is 0.790. The molecule has 2 aromatic rings. The first-order valence-electron chi connectivity index (χ1n) is 5.23. The highest BCUT2D eigenvalue weighted by Crippen LogP contribution is 2.25. The Balaban J connectivity index is 2.15. The van der Waals surface area contributed by atoms with E-state index in [4.69, 9.17) is 21.6 Å². The third-order valence-electron chi connectivity index (χ3n) is 2.33. The Morgan fingerprint density at radius 3 is 2.84 bits per heavy atom. The number of hydrogen-bond donors (Lipinski definition) is 0. The van der Waals surface area contributed by atoms with Crippen LogP contribution in [0.4, 0.5) is 4.39 Å². The number of ether oxygens (including phenoxy) is 1. The summed E-state index contributed by atoms with van der Waals surface area (Å²) in [5.74, 6) is -0.273. The van der Waals surface area contributed by atoms with Gasteiger partial charge in [-0.05, 0) is 40.2 Å². The van der Waals surface area contributed by atoms with Gasteiger partial charge < -0.3 is 4.74 Å². The molecule has 0 saturated carbocycles. The molecule has 1 aromatic carbocycles. The lowest BCUT2D eigenvalue weighted by Gasteiger charge is -2.08. The minimum atomic E-state index is -0.495. The van der Waals surface area contributed by atoms with Gasteiger partial charge in [0.1, 0.15) is 22.0 Å². The van der Waals surface area contributed by atoms with Gasteiger partial charge in [-0.3, -0.25) is 0 Å². The molecule has 0 fully saturated rings. The van der Waals surface area contributed by atoms with Gasteiger partial charge in [0.05, 0.1) is 11.6 Å². The molecule has 0 unspecified atom stereocenters. The number of halogens is 3. The van der Waals surface area contributed by atoms with Crippen LogP contribution in [0.3, 0.4) is 0 Å². The van der Waals surface area contributed by atoms with E-state index < -0.39 is 5.82 Å². The van der Waals surface area contributed by atoms with Gasteiger partial charge in [-0.15, -0.1) is 0 Å². The maximum Gasteiger partial charge on any atom is 0.233 e. The first-order chi connectivity index (χ1) is 9.10. The topological polar surface area (TPSA) is 45.9 Å². The summed E-state index contributed by atoms with van der Waals surface area (Å²) >= 11 is 9.10. The van der Waals surface area contributed by atoms with E-state index in [2.05, 4.69) is 20.9 Å². The van der Waals surface area contributed by atoms with Crippen LogP contribution in [0, 0.1) is 17.1 Å². The highest BCUT2D eigenvalue weighted by molar-refractivity contribution is 9.10. The summed E-state index contributed by atoms with van der Waals surface area (Å²) in [4.78, 5) is 4.04. The van der Waals surface area contributed by atoms with Crippen molar-refractivity contribution in [1.29, 1.82) is 5.26 Å². The first-order valence-corrected chi connectivity index (χ1v) is 6.40. The monoisotopic (exact) mass is 340 g/mol. The second-order valence-corrected chi connectivity index (χ2v) is 4.85. The van der Waals surface area contributed by atoms with Crippen molar-refractivity contribution < 1.29 is 9.13 Å². The Hall–Kier alpha value is -1.64. The van der Waals surface area contributed by atoms with E-state index in [1.807, 2.05) is 6.07 Å². The summed E-state index contributed by atoms with van der Waals surface area (Å²) in [5.41, 5.74) is 0.594. The molecule has 0 radical (unpaired) electrons. The number of nitriles is 1. The van der Waals surface area contributed by atoms with Gasteiger partial charge in [-0.1, -0.05) is 17.7 Å². The Morgan fingerprint density at radius 2 is 2.16 bits per heavy atom. The summed E-state index contributed by atoms with van der Waals surface area (Å²) in [5, 5.41) is 8.99. The van der Waals surface area contributed by atoms with E-state index in [1.165, 1.54) is 12.1 Å². The molecular formula is C13H7BrClFN2O. The van der Waals surface area contributed by atoms with Crippen LogP contribution in [-0.4, -0.2) is 4.98 Å². The van der Waals surface area contributed by atoms with E-state index in [1.54, 1.807) is 12.1 Å². The molecule has 1 aromatic heterocycles. The summed E-state index contributed by atoms with van der Waals surface area (Å²) in [6.07, 6.45) is 0. The number of hydrogen-bond acceptors (Lipinski definition) is 3. The van der Waals surface area contributed by atoms with Crippen LogP contribution < -0.4 is 4.74 Å². The molecule has 0 aliphatic heterocycles. The molecule has 2 rings (SSSR count). The molecule has 19 heavy (non-hydrogen) atoms. The maximum absolute atomic E-state index is 13.6. The van der Waals surface area contributed by atoms with Crippen LogP contribution >= 0.6 is 27.5 Å². The lowest BCUT2D eigenvalue weighted by Crippen LogP contribution is -2.01. The first kappa shape index (κ1) is 13.8. The minimum absolute atomic E-state index is 0.0132. The fraction of sp³-hybridized carbons (Fsp3) is 0.0769. The third kappa shape index (κ3) is 3.43. The maximum atomic E-state index is 13.6. The summed E-state index contributed by atoms with van der Waals surface area (Å²) < 4.78 is 19.6. The minimum Gasteiger partial charge on any atom is -0.472 e. The molecule has 0 amide bonds. The van der Waals surface area contributed by atoms with E-state index in [0.29, 0.717) is 15.2 Å². The van der Waals surface area contributed by atoms with E-state index in [9.17, 15) is 4.39 Å². The summed E-state index contributed by atoms with van der Waals surface area (Å²) in [7, 11) is 0. The average Bonchev–Trinajstić information content (AvgIpc) is 2.40. The molecule has 1 heterocycles. The van der Waals surface area contributed by atoms with Crippen LogP contribution in [0.1, 0.15) is 11.1 Å². The smallest absolute Gasteiger partial charge is 0.233 e. The number of benzene rings is 1. The van der Waals surface area contributed by atoms with Gasteiger partial charge in [0.15, 0.2) is 0 Å². The molecule has 0 saturated heterocycles. The van der Waals surface area contributed by atoms with Gasteiger partial charge in [-0.25, -0.2) is 9.37 Å². The zero-order chi connectivity index (χ0) is 13.8. The highest BCUT2D eigenvalue weighted by atomic mass is 79.9. The average molecular weight is 342 g/mol. The van der Waals surface area contributed by atoms with Crippen molar-refractivity contribution in [3.05, 3.63) is 56.9 Å². The predicted molar refractivity (Wildman–Crippen MR) is 72.4 cm³/mol. The molecule has 96 valence electrons. The zero-order valence-electron chi connectivity index (χ0n) is 9.53. The predicted octanol–water partition coefficient (Wildman–Crippen LogP) is 4.09. The number of rotatable bonds is 3. The highest BCUT2D eigenvalue weighted by Gasteiger charge is 2.08. The Bertz CT molecular complexity index is 658. The largest absolute Gasteiger partial charge is 0.472 e. The second-order valence-electron chi connectivity index (χ2n) is 3.63. The van der Waals surface area contributed by atoms with Crippen LogP contribution in [0.25, 0.3) is 0 Å². The fourth-order valence-electron chi connectivity index (χ4n) is 1.38. The van der Waals surface area contributed by atoms with Crippen molar-refractivity contribution in [2.75, 3.05) is 0 Å². The molecule has 3 nitrogen and oxygen atoms in total. The lowest BCUT2D eigenvalue weighted by atomic mass is 10.1. The van der Waals surface area contributed by atoms with Crippen molar-refractivity contribution in [2.45, 2.75) is 6.61 Å². The van der Waals surface area contributed by atoms with Gasteiger partial charge in [0.25, 0.3) is 0 Å². The van der Waals surface area contributed by atoms with Gasteiger partial charge in [0.2, 0.25) is 5.88 Å².